The van der Waals surface area contributed by atoms with Crippen LogP contribution in [0.3, 0.4) is 0 Å². The number of nitrogens with two attached hydrogens (primary N) is 1. The minimum absolute atomic E-state index is 0.00120. The summed E-state index contributed by atoms with van der Waals surface area (Å²) < 4.78 is 0. The second-order valence-electron chi connectivity index (χ2n) is 5.46. The number of nitrogens with zero attached hydrogens (tertiary/aromatic N) is 1. The molecule has 0 heterocycles. The third kappa shape index (κ3) is 4.94. The molecule has 0 aromatic heterocycles. The van der Waals surface area contributed by atoms with Crippen molar-refractivity contribution in [3.05, 3.63) is 35.4 Å². The third-order valence-electron chi connectivity index (χ3n) is 3.47. The molecule has 0 saturated heterocycles. The zero-order valence-electron chi connectivity index (χ0n) is 13.0. The van der Waals surface area contributed by atoms with Crippen LogP contribution in [0.4, 0.5) is 0 Å². The van der Waals surface area contributed by atoms with Gasteiger partial charge in [0.25, 0.3) is 5.91 Å². The molecule has 1 rings (SSSR count). The van der Waals surface area contributed by atoms with E-state index < -0.39 is 0 Å². The summed E-state index contributed by atoms with van der Waals surface area (Å²) in [5, 5.41) is 2.86. The molecule has 0 fully saturated rings. The molecule has 0 aliphatic heterocycles. The van der Waals surface area contributed by atoms with Gasteiger partial charge in [0.1, 0.15) is 0 Å². The highest BCUT2D eigenvalue weighted by molar-refractivity contribution is 5.94. The number of rotatable bonds is 7. The average molecular weight is 277 g/mol. The van der Waals surface area contributed by atoms with Crippen molar-refractivity contribution < 1.29 is 4.79 Å². The molecule has 1 aromatic rings. The average Bonchev–Trinajstić information content (AvgIpc) is 2.44. The Morgan fingerprint density at radius 1 is 1.25 bits per heavy atom. The van der Waals surface area contributed by atoms with E-state index in [-0.39, 0.29) is 11.9 Å². The van der Waals surface area contributed by atoms with Crippen molar-refractivity contribution in [3.63, 3.8) is 0 Å². The van der Waals surface area contributed by atoms with E-state index in [1.54, 1.807) is 0 Å². The van der Waals surface area contributed by atoms with Gasteiger partial charge < -0.3 is 11.1 Å². The molecule has 4 heteroatoms. The maximum Gasteiger partial charge on any atom is 0.251 e. The zero-order chi connectivity index (χ0) is 15.1. The van der Waals surface area contributed by atoms with Crippen LogP contribution in [-0.2, 0) is 6.54 Å². The van der Waals surface area contributed by atoms with Gasteiger partial charge >= 0.3 is 0 Å². The molecule has 0 saturated carbocycles. The second kappa shape index (κ2) is 8.02. The second-order valence-corrected chi connectivity index (χ2v) is 5.46. The maximum absolute atomic E-state index is 11.9. The van der Waals surface area contributed by atoms with Gasteiger partial charge in [0.15, 0.2) is 0 Å². The first-order valence-corrected chi connectivity index (χ1v) is 7.31. The van der Waals surface area contributed by atoms with E-state index in [4.69, 9.17) is 5.73 Å². The summed E-state index contributed by atoms with van der Waals surface area (Å²) in [4.78, 5) is 14.3. The highest BCUT2D eigenvalue weighted by Gasteiger charge is 2.10. The lowest BCUT2D eigenvalue weighted by atomic mass is 10.1. The quantitative estimate of drug-likeness (QED) is 0.801. The molecule has 0 bridgehead atoms. The van der Waals surface area contributed by atoms with E-state index in [2.05, 4.69) is 31.0 Å². The molecular formula is C16H27N3O. The summed E-state index contributed by atoms with van der Waals surface area (Å²) in [7, 11) is 0. The monoisotopic (exact) mass is 277 g/mol. The predicted octanol–water partition coefficient (Wildman–Crippen LogP) is 1.99. The summed E-state index contributed by atoms with van der Waals surface area (Å²) >= 11 is 0. The number of hydrogen-bond donors (Lipinski definition) is 2. The zero-order valence-corrected chi connectivity index (χ0v) is 13.0. The van der Waals surface area contributed by atoms with E-state index in [9.17, 15) is 4.79 Å². The van der Waals surface area contributed by atoms with Crippen molar-refractivity contribution in [2.45, 2.75) is 46.3 Å². The standard InChI is InChI=1S/C16H27N3O/c1-5-19(12(2)3)11-14-6-8-15(9-7-14)16(20)18-13(4)10-17/h6-9,12-13H,5,10-11,17H2,1-4H3,(H,18,20)/t13-/m0/s1. The largest absolute Gasteiger partial charge is 0.348 e. The fourth-order valence-corrected chi connectivity index (χ4v) is 2.02. The van der Waals surface area contributed by atoms with Crippen molar-refractivity contribution in [3.8, 4) is 0 Å². The molecule has 1 amide bonds. The smallest absolute Gasteiger partial charge is 0.251 e. The van der Waals surface area contributed by atoms with E-state index >= 15 is 0 Å². The van der Waals surface area contributed by atoms with E-state index in [0.29, 0.717) is 18.2 Å². The normalized spacial score (nSPS) is 12.8. The molecule has 0 spiro atoms. The van der Waals surface area contributed by atoms with Gasteiger partial charge in [0.2, 0.25) is 0 Å². The van der Waals surface area contributed by atoms with Gasteiger partial charge in [-0.15, -0.1) is 0 Å². The first kappa shape index (κ1) is 16.7. The maximum atomic E-state index is 11.9. The number of carbonyl (C=O) groups excluding carboxylic acids is 1. The molecule has 0 radical (unpaired) electrons. The number of carbonyl (C=O) groups is 1. The van der Waals surface area contributed by atoms with Crippen LogP contribution >= 0.6 is 0 Å². The number of amides is 1. The van der Waals surface area contributed by atoms with E-state index in [0.717, 1.165) is 13.1 Å². The Bertz CT molecular complexity index is 414. The van der Waals surface area contributed by atoms with Gasteiger partial charge in [-0.1, -0.05) is 19.1 Å². The summed E-state index contributed by atoms with van der Waals surface area (Å²) in [5.41, 5.74) is 7.41. The predicted molar refractivity (Wildman–Crippen MR) is 83.6 cm³/mol. The lowest BCUT2D eigenvalue weighted by Gasteiger charge is -2.24. The Labute approximate surface area is 122 Å². The Kier molecular flexibility index (Phi) is 6.68. The lowest BCUT2D eigenvalue weighted by Crippen LogP contribution is -2.37. The third-order valence-corrected chi connectivity index (χ3v) is 3.47. The molecule has 1 aromatic carbocycles. The lowest BCUT2D eigenvalue weighted by molar-refractivity contribution is 0.0941. The van der Waals surface area contributed by atoms with Crippen molar-refractivity contribution >= 4 is 5.91 Å². The Morgan fingerprint density at radius 2 is 1.85 bits per heavy atom. The SMILES string of the molecule is CCN(Cc1ccc(C(=O)N[C@@H](C)CN)cc1)C(C)C. The van der Waals surface area contributed by atoms with Gasteiger partial charge in [-0.3, -0.25) is 9.69 Å². The van der Waals surface area contributed by atoms with Gasteiger partial charge in [0, 0.05) is 30.7 Å². The van der Waals surface area contributed by atoms with Crippen LogP contribution in [0, 0.1) is 0 Å². The fraction of sp³-hybridized carbons (Fsp3) is 0.562. The highest BCUT2D eigenvalue weighted by atomic mass is 16.1. The molecule has 1 atom stereocenters. The Hall–Kier alpha value is -1.39. The summed E-state index contributed by atoms with van der Waals surface area (Å²) in [6, 6.07) is 8.32. The van der Waals surface area contributed by atoms with Crippen LogP contribution in [0.15, 0.2) is 24.3 Å². The Balaban J connectivity index is 2.66. The highest BCUT2D eigenvalue weighted by Crippen LogP contribution is 2.10. The Morgan fingerprint density at radius 3 is 2.30 bits per heavy atom. The first-order valence-electron chi connectivity index (χ1n) is 7.31. The van der Waals surface area contributed by atoms with Gasteiger partial charge in [-0.05, 0) is 45.0 Å². The van der Waals surface area contributed by atoms with Crippen LogP contribution in [-0.4, -0.2) is 36.0 Å². The summed E-state index contributed by atoms with van der Waals surface area (Å²) in [5.74, 6) is -0.0642. The molecule has 112 valence electrons. The van der Waals surface area contributed by atoms with Crippen molar-refractivity contribution in [1.29, 1.82) is 0 Å². The van der Waals surface area contributed by atoms with E-state index in [1.165, 1.54) is 5.56 Å². The molecule has 0 aliphatic rings. The van der Waals surface area contributed by atoms with Gasteiger partial charge in [-0.2, -0.15) is 0 Å². The van der Waals surface area contributed by atoms with Gasteiger partial charge in [0.05, 0.1) is 0 Å². The number of hydrogen-bond acceptors (Lipinski definition) is 3. The molecule has 0 aliphatic carbocycles. The van der Waals surface area contributed by atoms with Gasteiger partial charge in [-0.25, -0.2) is 0 Å². The number of benzene rings is 1. The molecular weight excluding hydrogens is 250 g/mol. The fourth-order valence-electron chi connectivity index (χ4n) is 2.02. The minimum atomic E-state index is -0.0642. The topological polar surface area (TPSA) is 58.4 Å². The summed E-state index contributed by atoms with van der Waals surface area (Å²) in [6.45, 7) is 10.8. The minimum Gasteiger partial charge on any atom is -0.348 e. The van der Waals surface area contributed by atoms with E-state index in [1.807, 2.05) is 31.2 Å². The summed E-state index contributed by atoms with van der Waals surface area (Å²) in [6.07, 6.45) is 0. The van der Waals surface area contributed by atoms with Crippen LogP contribution in [0.5, 0.6) is 0 Å². The first-order chi connectivity index (χ1) is 9.47. The van der Waals surface area contributed by atoms with Crippen LogP contribution in [0.1, 0.15) is 43.6 Å². The molecule has 4 nitrogen and oxygen atoms in total. The van der Waals surface area contributed by atoms with Crippen molar-refractivity contribution in [2.75, 3.05) is 13.1 Å². The van der Waals surface area contributed by atoms with Crippen LogP contribution < -0.4 is 11.1 Å². The molecule has 0 unspecified atom stereocenters. The number of nitrogens with one attached hydrogen (secondary N) is 1. The van der Waals surface area contributed by atoms with Crippen molar-refractivity contribution in [1.82, 2.24) is 10.2 Å². The molecule has 3 N–H and O–H groups in total. The van der Waals surface area contributed by atoms with Crippen LogP contribution in [0.25, 0.3) is 0 Å². The molecule has 20 heavy (non-hydrogen) atoms. The van der Waals surface area contributed by atoms with Crippen LogP contribution in [0.2, 0.25) is 0 Å². The van der Waals surface area contributed by atoms with Crippen molar-refractivity contribution in [2.24, 2.45) is 5.73 Å².